The first-order valence-corrected chi connectivity index (χ1v) is 5.12. The van der Waals surface area contributed by atoms with Crippen molar-refractivity contribution in [3.8, 4) is 0 Å². The van der Waals surface area contributed by atoms with Gasteiger partial charge in [0.25, 0.3) is 0 Å². The van der Waals surface area contributed by atoms with E-state index in [0.29, 0.717) is 5.82 Å². The number of hydrogen-bond acceptors (Lipinski definition) is 3. The largest absolute Gasteiger partial charge is 0.320 e. The molecule has 3 N–H and O–H groups in total. The SMILES string of the molecule is CCC(C)C(N)C(=O)Nc1ccccn1.Cl.Cl. The normalized spacial score (nSPS) is 12.6. The van der Waals surface area contributed by atoms with Gasteiger partial charge in [-0.15, -0.1) is 24.8 Å². The van der Waals surface area contributed by atoms with Crippen molar-refractivity contribution < 1.29 is 4.79 Å². The highest BCUT2D eigenvalue weighted by Crippen LogP contribution is 2.08. The quantitative estimate of drug-likeness (QED) is 0.888. The molecule has 98 valence electrons. The van der Waals surface area contributed by atoms with Gasteiger partial charge in [0.15, 0.2) is 0 Å². The molecule has 0 spiro atoms. The summed E-state index contributed by atoms with van der Waals surface area (Å²) in [7, 11) is 0. The molecule has 0 aromatic carbocycles. The minimum atomic E-state index is -0.475. The maximum atomic E-state index is 11.6. The lowest BCUT2D eigenvalue weighted by Crippen LogP contribution is -2.40. The molecule has 2 unspecified atom stereocenters. The number of carbonyl (C=O) groups excluding carboxylic acids is 1. The van der Waals surface area contributed by atoms with Crippen LogP contribution in [0.2, 0.25) is 0 Å². The molecule has 0 fully saturated rings. The molecule has 0 saturated heterocycles. The van der Waals surface area contributed by atoms with E-state index in [0.717, 1.165) is 6.42 Å². The number of carbonyl (C=O) groups is 1. The fourth-order valence-electron chi connectivity index (χ4n) is 1.16. The summed E-state index contributed by atoms with van der Waals surface area (Å²) < 4.78 is 0. The fourth-order valence-corrected chi connectivity index (χ4v) is 1.16. The van der Waals surface area contributed by atoms with Crippen LogP contribution in [0, 0.1) is 5.92 Å². The Labute approximate surface area is 114 Å². The van der Waals surface area contributed by atoms with Crippen molar-refractivity contribution >= 4 is 36.5 Å². The number of nitrogens with two attached hydrogens (primary N) is 1. The molecule has 1 aromatic heterocycles. The first kappa shape index (κ1) is 18.5. The number of pyridine rings is 1. The van der Waals surface area contributed by atoms with Crippen molar-refractivity contribution in [3.63, 3.8) is 0 Å². The third kappa shape index (κ3) is 5.86. The second-order valence-electron chi connectivity index (χ2n) is 3.62. The Kier molecular flexibility index (Phi) is 10.0. The second-order valence-corrected chi connectivity index (χ2v) is 3.62. The average molecular weight is 280 g/mol. The van der Waals surface area contributed by atoms with Gasteiger partial charge in [0, 0.05) is 6.20 Å². The van der Waals surface area contributed by atoms with Gasteiger partial charge in [0.05, 0.1) is 6.04 Å². The summed E-state index contributed by atoms with van der Waals surface area (Å²) in [5.74, 6) is 0.540. The molecule has 0 bridgehead atoms. The molecule has 1 heterocycles. The van der Waals surface area contributed by atoms with Gasteiger partial charge in [0.1, 0.15) is 5.82 Å². The van der Waals surface area contributed by atoms with E-state index in [9.17, 15) is 4.79 Å². The predicted octanol–water partition coefficient (Wildman–Crippen LogP) is 2.24. The van der Waals surface area contributed by atoms with Crippen LogP contribution in [-0.4, -0.2) is 16.9 Å². The standard InChI is InChI=1S/C11H17N3O.2ClH/c1-3-8(2)10(12)11(15)14-9-6-4-5-7-13-9;;/h4-8,10H,3,12H2,1-2H3,(H,13,14,15);2*1H. The van der Waals surface area contributed by atoms with E-state index in [-0.39, 0.29) is 36.6 Å². The summed E-state index contributed by atoms with van der Waals surface area (Å²) in [6.07, 6.45) is 2.52. The number of nitrogens with zero attached hydrogens (tertiary/aromatic N) is 1. The van der Waals surface area contributed by atoms with E-state index in [1.807, 2.05) is 19.9 Å². The Balaban J connectivity index is 0. The van der Waals surface area contributed by atoms with Crippen LogP contribution in [0.15, 0.2) is 24.4 Å². The topological polar surface area (TPSA) is 68.0 Å². The Hall–Kier alpha value is -0.840. The lowest BCUT2D eigenvalue weighted by atomic mass is 9.99. The summed E-state index contributed by atoms with van der Waals surface area (Å²) in [5, 5.41) is 2.68. The number of aromatic nitrogens is 1. The summed E-state index contributed by atoms with van der Waals surface area (Å²) in [5.41, 5.74) is 5.78. The van der Waals surface area contributed by atoms with Gasteiger partial charge in [-0.3, -0.25) is 4.79 Å². The molecule has 0 aliphatic rings. The molecule has 4 nitrogen and oxygen atoms in total. The minimum absolute atomic E-state index is 0. The fraction of sp³-hybridized carbons (Fsp3) is 0.455. The van der Waals surface area contributed by atoms with Gasteiger partial charge in [-0.05, 0) is 18.1 Å². The first-order chi connectivity index (χ1) is 7.15. The van der Waals surface area contributed by atoms with E-state index in [2.05, 4.69) is 10.3 Å². The van der Waals surface area contributed by atoms with Crippen LogP contribution in [0.1, 0.15) is 20.3 Å². The molecule has 1 aromatic rings. The van der Waals surface area contributed by atoms with Crippen LogP contribution in [-0.2, 0) is 4.79 Å². The molecular weight excluding hydrogens is 261 g/mol. The smallest absolute Gasteiger partial charge is 0.242 e. The lowest BCUT2D eigenvalue weighted by Gasteiger charge is -2.17. The van der Waals surface area contributed by atoms with Gasteiger partial charge in [-0.25, -0.2) is 4.98 Å². The van der Waals surface area contributed by atoms with Crippen LogP contribution < -0.4 is 11.1 Å². The van der Waals surface area contributed by atoms with Crippen LogP contribution in [0.4, 0.5) is 5.82 Å². The van der Waals surface area contributed by atoms with Crippen molar-refractivity contribution in [3.05, 3.63) is 24.4 Å². The molecular formula is C11H19Cl2N3O. The Bertz CT molecular complexity index is 322. The number of halogens is 2. The average Bonchev–Trinajstić information content (AvgIpc) is 2.28. The number of hydrogen-bond donors (Lipinski definition) is 2. The van der Waals surface area contributed by atoms with Crippen LogP contribution >= 0.6 is 24.8 Å². The Morgan fingerprint density at radius 3 is 2.59 bits per heavy atom. The predicted molar refractivity (Wildman–Crippen MR) is 74.8 cm³/mol. The van der Waals surface area contributed by atoms with Gasteiger partial charge < -0.3 is 11.1 Å². The number of amides is 1. The van der Waals surface area contributed by atoms with Crippen molar-refractivity contribution in [1.82, 2.24) is 4.98 Å². The second kappa shape index (κ2) is 9.22. The zero-order valence-electron chi connectivity index (χ0n) is 9.92. The highest BCUT2D eigenvalue weighted by Gasteiger charge is 2.19. The van der Waals surface area contributed by atoms with E-state index < -0.39 is 6.04 Å². The summed E-state index contributed by atoms with van der Waals surface area (Å²) in [6.45, 7) is 3.97. The molecule has 1 amide bonds. The zero-order valence-corrected chi connectivity index (χ0v) is 11.6. The van der Waals surface area contributed by atoms with E-state index in [1.54, 1.807) is 18.3 Å². The van der Waals surface area contributed by atoms with Crippen molar-refractivity contribution in [2.45, 2.75) is 26.3 Å². The minimum Gasteiger partial charge on any atom is -0.320 e. The third-order valence-corrected chi connectivity index (χ3v) is 2.48. The maximum absolute atomic E-state index is 11.6. The molecule has 17 heavy (non-hydrogen) atoms. The zero-order chi connectivity index (χ0) is 11.3. The van der Waals surface area contributed by atoms with Gasteiger partial charge >= 0.3 is 0 Å². The molecule has 0 aliphatic heterocycles. The molecule has 0 saturated carbocycles. The molecule has 0 radical (unpaired) electrons. The van der Waals surface area contributed by atoms with E-state index >= 15 is 0 Å². The number of rotatable bonds is 4. The molecule has 0 aliphatic carbocycles. The van der Waals surface area contributed by atoms with Gasteiger partial charge in [0.2, 0.25) is 5.91 Å². The summed E-state index contributed by atoms with van der Waals surface area (Å²) >= 11 is 0. The highest BCUT2D eigenvalue weighted by molar-refractivity contribution is 5.94. The summed E-state index contributed by atoms with van der Waals surface area (Å²) in [4.78, 5) is 15.6. The Morgan fingerprint density at radius 2 is 2.12 bits per heavy atom. The van der Waals surface area contributed by atoms with Crippen molar-refractivity contribution in [2.75, 3.05) is 5.32 Å². The van der Waals surface area contributed by atoms with Crippen LogP contribution in [0.3, 0.4) is 0 Å². The molecule has 6 heteroatoms. The Morgan fingerprint density at radius 1 is 1.47 bits per heavy atom. The lowest BCUT2D eigenvalue weighted by molar-refractivity contribution is -0.118. The summed E-state index contributed by atoms with van der Waals surface area (Å²) in [6, 6.07) is 4.88. The number of anilines is 1. The van der Waals surface area contributed by atoms with Crippen LogP contribution in [0.5, 0.6) is 0 Å². The van der Waals surface area contributed by atoms with Gasteiger partial charge in [-0.1, -0.05) is 26.3 Å². The molecule has 1 rings (SSSR count). The highest BCUT2D eigenvalue weighted by atomic mass is 35.5. The van der Waals surface area contributed by atoms with Crippen LogP contribution in [0.25, 0.3) is 0 Å². The first-order valence-electron chi connectivity index (χ1n) is 5.12. The van der Waals surface area contributed by atoms with Gasteiger partial charge in [-0.2, -0.15) is 0 Å². The maximum Gasteiger partial charge on any atom is 0.242 e. The van der Waals surface area contributed by atoms with Crippen molar-refractivity contribution in [1.29, 1.82) is 0 Å². The van der Waals surface area contributed by atoms with E-state index in [1.165, 1.54) is 0 Å². The van der Waals surface area contributed by atoms with E-state index in [4.69, 9.17) is 5.73 Å². The molecule has 2 atom stereocenters. The van der Waals surface area contributed by atoms with Crippen molar-refractivity contribution in [2.24, 2.45) is 11.7 Å². The third-order valence-electron chi connectivity index (χ3n) is 2.48. The monoisotopic (exact) mass is 279 g/mol. The number of nitrogens with one attached hydrogen (secondary N) is 1.